The molecule has 2 aliphatic rings. The van der Waals surface area contributed by atoms with Crippen molar-refractivity contribution in [1.82, 2.24) is 19.8 Å². The Hall–Kier alpha value is -1.07. The van der Waals surface area contributed by atoms with Gasteiger partial charge in [0.25, 0.3) is 0 Å². The minimum atomic E-state index is -5.23. The molecule has 2 saturated heterocycles. The highest BCUT2D eigenvalue weighted by atomic mass is 32.2. The van der Waals surface area contributed by atoms with Crippen LogP contribution in [0.25, 0.3) is 0 Å². The Kier molecular flexibility index (Phi) is 8.38. The second-order valence-electron chi connectivity index (χ2n) is 7.51. The van der Waals surface area contributed by atoms with Crippen LogP contribution in [0.3, 0.4) is 0 Å². The molecule has 0 bridgehead atoms. The van der Waals surface area contributed by atoms with Gasteiger partial charge < -0.3 is 15.5 Å². The van der Waals surface area contributed by atoms with Crippen LogP contribution in [0.2, 0.25) is 0 Å². The van der Waals surface area contributed by atoms with Crippen molar-refractivity contribution in [2.45, 2.75) is 50.6 Å². The third-order valence-electron chi connectivity index (χ3n) is 5.46. The molecule has 0 atom stereocenters. The summed E-state index contributed by atoms with van der Waals surface area (Å²) in [5.41, 5.74) is -5.23. The lowest BCUT2D eigenvalue weighted by atomic mass is 9.98. The number of nitrogens with one attached hydrogen (secondary N) is 2. The van der Waals surface area contributed by atoms with Crippen LogP contribution >= 0.6 is 0 Å². The van der Waals surface area contributed by atoms with E-state index in [2.05, 4.69) is 27.4 Å². The van der Waals surface area contributed by atoms with Crippen molar-refractivity contribution >= 4 is 16.0 Å². The number of hydrogen-bond acceptors (Lipinski definition) is 4. The van der Waals surface area contributed by atoms with E-state index in [0.717, 1.165) is 38.9 Å². The first kappa shape index (κ1) is 23.2. The topological polar surface area (TPSA) is 77.0 Å². The summed E-state index contributed by atoms with van der Waals surface area (Å²) < 4.78 is 61.4. The Balaban J connectivity index is 1.72. The zero-order valence-corrected chi connectivity index (χ0v) is 17.4. The summed E-state index contributed by atoms with van der Waals surface area (Å²) in [6.07, 6.45) is 4.05. The van der Waals surface area contributed by atoms with Crippen molar-refractivity contribution < 1.29 is 21.6 Å². The van der Waals surface area contributed by atoms with Gasteiger partial charge in [0.05, 0.1) is 0 Å². The van der Waals surface area contributed by atoms with Gasteiger partial charge in [-0.3, -0.25) is 4.99 Å². The lowest BCUT2D eigenvalue weighted by Crippen LogP contribution is -2.50. The maximum absolute atomic E-state index is 12.6. The molecule has 0 aromatic rings. The highest BCUT2D eigenvalue weighted by molar-refractivity contribution is 7.90. The lowest BCUT2D eigenvalue weighted by Gasteiger charge is -2.34. The molecule has 0 aromatic heterocycles. The molecule has 0 unspecified atom stereocenters. The first-order chi connectivity index (χ1) is 13.2. The Morgan fingerprint density at radius 1 is 1.11 bits per heavy atom. The highest BCUT2D eigenvalue weighted by Gasteiger charge is 2.50. The Bertz CT molecular complexity index is 611. The summed E-state index contributed by atoms with van der Waals surface area (Å²) in [6.45, 7) is 5.80. The molecule has 2 rings (SSSR count). The van der Waals surface area contributed by atoms with E-state index in [1.807, 2.05) is 0 Å². The standard InChI is InChI=1S/C17H32F3N5O2S/c1-3-8-24-9-6-15(7-10-24)23-16(21-2)22-13-14-4-11-25(12-5-14)28(26,27)17(18,19)20/h14-15H,3-13H2,1-2H3,(H2,21,22,23). The second kappa shape index (κ2) is 10.1. The van der Waals surface area contributed by atoms with Gasteiger partial charge in [-0.05, 0) is 44.6 Å². The van der Waals surface area contributed by atoms with Crippen LogP contribution in [0.15, 0.2) is 4.99 Å². The molecule has 164 valence electrons. The zero-order valence-electron chi connectivity index (χ0n) is 16.6. The molecule has 2 heterocycles. The fraction of sp³-hybridized carbons (Fsp3) is 0.941. The van der Waals surface area contributed by atoms with E-state index in [9.17, 15) is 21.6 Å². The minimum absolute atomic E-state index is 0.101. The van der Waals surface area contributed by atoms with E-state index in [1.54, 1.807) is 7.05 Å². The minimum Gasteiger partial charge on any atom is -0.356 e. The van der Waals surface area contributed by atoms with Crippen molar-refractivity contribution in [3.63, 3.8) is 0 Å². The van der Waals surface area contributed by atoms with E-state index in [-0.39, 0.29) is 19.0 Å². The molecule has 2 N–H and O–H groups in total. The summed E-state index contributed by atoms with van der Waals surface area (Å²) in [4.78, 5) is 6.69. The molecular formula is C17H32F3N5O2S. The summed E-state index contributed by atoms with van der Waals surface area (Å²) >= 11 is 0. The quantitative estimate of drug-likeness (QED) is 0.497. The smallest absolute Gasteiger partial charge is 0.356 e. The van der Waals surface area contributed by atoms with Crippen molar-refractivity contribution in [2.24, 2.45) is 10.9 Å². The van der Waals surface area contributed by atoms with E-state index < -0.39 is 15.5 Å². The number of nitrogens with zero attached hydrogens (tertiary/aromatic N) is 3. The number of piperidine rings is 2. The number of aliphatic imine (C=N–C) groups is 1. The summed E-state index contributed by atoms with van der Waals surface area (Å²) in [6, 6.07) is 0.359. The maximum Gasteiger partial charge on any atom is 0.511 e. The normalized spacial score (nSPS) is 22.4. The number of likely N-dealkylation sites (tertiary alicyclic amines) is 1. The average Bonchev–Trinajstić information content (AvgIpc) is 2.66. The monoisotopic (exact) mass is 427 g/mol. The van der Waals surface area contributed by atoms with Crippen LogP contribution in [0.4, 0.5) is 13.2 Å². The highest BCUT2D eigenvalue weighted by Crippen LogP contribution is 2.30. The van der Waals surface area contributed by atoms with E-state index >= 15 is 0 Å². The molecule has 2 fully saturated rings. The van der Waals surface area contributed by atoms with E-state index in [1.165, 1.54) is 0 Å². The molecule has 11 heteroatoms. The van der Waals surface area contributed by atoms with Gasteiger partial charge in [-0.15, -0.1) is 0 Å². The van der Waals surface area contributed by atoms with Gasteiger partial charge in [0.15, 0.2) is 5.96 Å². The van der Waals surface area contributed by atoms with Crippen molar-refractivity contribution in [2.75, 3.05) is 46.3 Å². The second-order valence-corrected chi connectivity index (χ2v) is 9.44. The molecule has 0 aliphatic carbocycles. The summed E-state index contributed by atoms with van der Waals surface area (Å²) in [5, 5.41) is 6.66. The van der Waals surface area contributed by atoms with Gasteiger partial charge in [0.1, 0.15) is 0 Å². The van der Waals surface area contributed by atoms with Crippen LogP contribution in [-0.4, -0.2) is 81.4 Å². The molecule has 2 aliphatic heterocycles. The SMILES string of the molecule is CCCN1CCC(NC(=NC)NCC2CCN(S(=O)(=O)C(F)(F)F)CC2)CC1. The number of alkyl halides is 3. The molecule has 0 radical (unpaired) electrons. The molecule has 0 spiro atoms. The largest absolute Gasteiger partial charge is 0.511 e. The molecule has 0 aromatic carbocycles. The number of rotatable bonds is 6. The first-order valence-corrected chi connectivity index (χ1v) is 11.4. The molecule has 7 nitrogen and oxygen atoms in total. The van der Waals surface area contributed by atoms with Gasteiger partial charge >= 0.3 is 15.5 Å². The van der Waals surface area contributed by atoms with E-state index in [0.29, 0.717) is 35.7 Å². The van der Waals surface area contributed by atoms with E-state index in [4.69, 9.17) is 0 Å². The first-order valence-electron chi connectivity index (χ1n) is 9.93. The van der Waals surface area contributed by atoms with Crippen molar-refractivity contribution in [3.8, 4) is 0 Å². The van der Waals surface area contributed by atoms with Crippen LogP contribution < -0.4 is 10.6 Å². The predicted molar refractivity (Wildman–Crippen MR) is 104 cm³/mol. The predicted octanol–water partition coefficient (Wildman–Crippen LogP) is 1.59. The number of guanidine groups is 1. The maximum atomic E-state index is 12.6. The van der Waals surface area contributed by atoms with Crippen LogP contribution in [-0.2, 0) is 10.0 Å². The van der Waals surface area contributed by atoms with Crippen molar-refractivity contribution in [3.05, 3.63) is 0 Å². The van der Waals surface area contributed by atoms with Crippen LogP contribution in [0.1, 0.15) is 39.0 Å². The fourth-order valence-electron chi connectivity index (χ4n) is 3.75. The molecule has 28 heavy (non-hydrogen) atoms. The summed E-state index contributed by atoms with van der Waals surface area (Å²) in [7, 11) is -3.52. The number of sulfonamides is 1. The lowest BCUT2D eigenvalue weighted by molar-refractivity contribution is -0.0496. The fourth-order valence-corrected chi connectivity index (χ4v) is 4.73. The molecular weight excluding hydrogens is 395 g/mol. The third kappa shape index (κ3) is 6.21. The third-order valence-corrected chi connectivity index (χ3v) is 7.09. The van der Waals surface area contributed by atoms with Crippen molar-refractivity contribution in [1.29, 1.82) is 0 Å². The van der Waals surface area contributed by atoms with Crippen LogP contribution in [0.5, 0.6) is 0 Å². The Labute approximate surface area is 165 Å². The van der Waals surface area contributed by atoms with Gasteiger partial charge in [-0.25, -0.2) is 8.42 Å². The average molecular weight is 428 g/mol. The van der Waals surface area contributed by atoms with Gasteiger partial charge in [-0.1, -0.05) is 6.92 Å². The Morgan fingerprint density at radius 2 is 1.71 bits per heavy atom. The van der Waals surface area contributed by atoms with Gasteiger partial charge in [0, 0.05) is 45.8 Å². The molecule has 0 amide bonds. The summed E-state index contributed by atoms with van der Waals surface area (Å²) in [5.74, 6) is 0.809. The van der Waals surface area contributed by atoms with Crippen LogP contribution in [0, 0.1) is 5.92 Å². The number of hydrogen-bond donors (Lipinski definition) is 2. The Morgan fingerprint density at radius 3 is 2.21 bits per heavy atom. The van der Waals surface area contributed by atoms with Gasteiger partial charge in [-0.2, -0.15) is 17.5 Å². The zero-order chi connectivity index (χ0) is 20.8. The molecule has 0 saturated carbocycles. The van der Waals surface area contributed by atoms with Gasteiger partial charge in [0.2, 0.25) is 0 Å². The number of halogens is 3.